The average molecular weight is 485 g/mol. The molecule has 0 saturated heterocycles. The third-order valence-corrected chi connectivity index (χ3v) is 8.61. The van der Waals surface area contributed by atoms with Gasteiger partial charge in [0.2, 0.25) is 0 Å². The van der Waals surface area contributed by atoms with E-state index in [0.29, 0.717) is 0 Å². The van der Waals surface area contributed by atoms with Crippen LogP contribution in [-0.2, 0) is 21.8 Å². The van der Waals surface area contributed by atoms with Gasteiger partial charge in [-0.3, -0.25) is 0 Å². The van der Waals surface area contributed by atoms with Crippen LogP contribution in [0.25, 0.3) is 0 Å². The van der Waals surface area contributed by atoms with Gasteiger partial charge in [0.05, 0.1) is 39.6 Å². The molecule has 1 aromatic carbocycles. The van der Waals surface area contributed by atoms with Gasteiger partial charge in [-0.15, -0.1) is 0 Å². The van der Waals surface area contributed by atoms with E-state index in [1.165, 1.54) is 33.5 Å². The molecule has 1 atom stereocenters. The van der Waals surface area contributed by atoms with Crippen LogP contribution < -0.4 is 14.2 Å². The van der Waals surface area contributed by atoms with Crippen LogP contribution in [0.4, 0.5) is 13.2 Å². The second-order valence-electron chi connectivity index (χ2n) is 8.49. The van der Waals surface area contributed by atoms with Gasteiger partial charge in [0, 0.05) is 28.6 Å². The maximum absolute atomic E-state index is 14.5. The number of benzene rings is 1. The van der Waals surface area contributed by atoms with Crippen molar-refractivity contribution in [2.75, 3.05) is 21.3 Å². The van der Waals surface area contributed by atoms with E-state index < -0.39 is 35.3 Å². The first-order chi connectivity index (χ1) is 12.1. The Bertz CT molecular complexity index is 630. The molecular weight excluding hydrogens is 451 g/mol. The Labute approximate surface area is 184 Å². The van der Waals surface area contributed by atoms with Crippen molar-refractivity contribution < 1.29 is 49.0 Å². The number of rotatable bonds is 5. The summed E-state index contributed by atoms with van der Waals surface area (Å²) < 4.78 is 59.3. The molecule has 0 aliphatic carbocycles. The Hall–Kier alpha value is -0.706. The van der Waals surface area contributed by atoms with Gasteiger partial charge in [-0.1, -0.05) is 0 Å². The molecule has 1 N–H and O–H groups in total. The van der Waals surface area contributed by atoms with Gasteiger partial charge < -0.3 is 26.7 Å². The minimum Gasteiger partial charge on any atom is -0.496 e. The van der Waals surface area contributed by atoms with Gasteiger partial charge in [-0.2, -0.15) is 13.2 Å². The summed E-state index contributed by atoms with van der Waals surface area (Å²) in [6.07, 6.45) is -4.93. The van der Waals surface area contributed by atoms with Crippen LogP contribution >= 0.6 is 7.92 Å². The minimum absolute atomic E-state index is 0. The smallest absolute Gasteiger partial charge is 0.459 e. The Kier molecular flexibility index (Phi) is 10.6. The van der Waals surface area contributed by atoms with E-state index in [1.54, 1.807) is 41.5 Å². The third kappa shape index (κ3) is 5.92. The molecule has 1 aromatic rings. The van der Waals surface area contributed by atoms with Crippen LogP contribution in [0.3, 0.4) is 0 Å². The molecule has 174 valence electrons. The number of halogens is 3. The Morgan fingerprint density at radius 1 is 0.793 bits per heavy atom. The van der Waals surface area contributed by atoms with E-state index >= 15 is 0 Å². The molecule has 9 heteroatoms. The normalized spacial score (nSPS) is 14.4. The van der Waals surface area contributed by atoms with Gasteiger partial charge in [0.25, 0.3) is 0 Å². The van der Waals surface area contributed by atoms with E-state index in [0.717, 1.165) is 0 Å². The topological polar surface area (TPSA) is 47.9 Å². The number of hydrogen-bond acceptors (Lipinski definition) is 4. The molecule has 0 spiro atoms. The fourth-order valence-corrected chi connectivity index (χ4v) is 9.18. The van der Waals surface area contributed by atoms with Gasteiger partial charge >= 0.3 is 11.5 Å². The zero-order valence-electron chi connectivity index (χ0n) is 18.8. The molecule has 29 heavy (non-hydrogen) atoms. The van der Waals surface area contributed by atoms with Crippen molar-refractivity contribution >= 4 is 7.92 Å². The van der Waals surface area contributed by atoms with Crippen molar-refractivity contribution in [3.8, 4) is 17.2 Å². The van der Waals surface area contributed by atoms with E-state index in [-0.39, 0.29) is 41.2 Å². The minimum atomic E-state index is -4.93. The predicted octanol–water partition coefficient (Wildman–Crippen LogP) is 5.68. The van der Waals surface area contributed by atoms with E-state index in [9.17, 15) is 18.3 Å². The molecule has 0 radical (unpaired) electrons. The van der Waals surface area contributed by atoms with E-state index in [4.69, 9.17) is 14.2 Å². The van der Waals surface area contributed by atoms with Crippen LogP contribution in [0.1, 0.15) is 47.1 Å². The number of alkyl halides is 3. The average Bonchev–Trinajstić information content (AvgIpc) is 2.49. The number of ether oxygens (including phenoxy) is 3. The van der Waals surface area contributed by atoms with Crippen molar-refractivity contribution in [1.82, 2.24) is 0 Å². The zero-order chi connectivity index (χ0) is 21.4. The van der Waals surface area contributed by atoms with Crippen molar-refractivity contribution in [2.24, 2.45) is 0 Å². The summed E-state index contributed by atoms with van der Waals surface area (Å²) in [5.74, 6) is 0.0290. The first kappa shape index (κ1) is 30.5. The maximum atomic E-state index is 14.5. The number of aliphatic hydroxyl groups is 1. The molecule has 0 fully saturated rings. The van der Waals surface area contributed by atoms with Crippen molar-refractivity contribution in [3.63, 3.8) is 0 Å². The number of hydrogen-bond donors (Lipinski definition) is 1. The molecule has 0 amide bonds. The van der Waals surface area contributed by atoms with Crippen molar-refractivity contribution in [3.05, 3.63) is 25.1 Å². The van der Waals surface area contributed by atoms with E-state index in [2.05, 4.69) is 0 Å². The SMILES string of the molecule is COc1cc(OC)c(C(O)([PH+](C(C)(C)C)C(C)(C)C)C(F)(F)F)c(OC)c1.[CH3-].[Ni]. The molecule has 0 aliphatic rings. The van der Waals surface area contributed by atoms with Crippen LogP contribution in [-0.4, -0.2) is 42.9 Å². The first-order valence-electron chi connectivity index (χ1n) is 8.53. The first-order valence-corrected chi connectivity index (χ1v) is 10.0. The molecule has 4 nitrogen and oxygen atoms in total. The predicted molar refractivity (Wildman–Crippen MR) is 110 cm³/mol. The molecule has 1 rings (SSSR count). The molecule has 1 unspecified atom stereocenters. The van der Waals surface area contributed by atoms with Gasteiger partial charge in [0.15, 0.2) is 0 Å². The summed E-state index contributed by atoms with van der Waals surface area (Å²) in [6.45, 7) is 10.4. The second-order valence-corrected chi connectivity index (χ2v) is 13.0. The molecule has 0 bridgehead atoms. The monoisotopic (exact) mass is 484 g/mol. The van der Waals surface area contributed by atoms with Crippen LogP contribution in [0.15, 0.2) is 12.1 Å². The summed E-state index contributed by atoms with van der Waals surface area (Å²) in [5.41, 5.74) is -0.403. The standard InChI is InChI=1S/C19H30F3O4P.CH3.Ni/c1-16(2,3)27(17(4,5)6)18(23,19(20,21)22)15-13(25-8)10-12(24-7)11-14(15)26-9;;/h10-11,23H,1-9H3;1H3;/q;-1;/p+1. The summed E-state index contributed by atoms with van der Waals surface area (Å²) in [4.78, 5) is 0. The fraction of sp³-hybridized carbons (Fsp3) is 0.650. The van der Waals surface area contributed by atoms with Crippen LogP contribution in [0.5, 0.6) is 17.2 Å². The van der Waals surface area contributed by atoms with Gasteiger partial charge in [0.1, 0.15) is 22.8 Å². The summed E-state index contributed by atoms with van der Waals surface area (Å²) in [7, 11) is 1.33. The quantitative estimate of drug-likeness (QED) is 0.332. The van der Waals surface area contributed by atoms with Crippen LogP contribution in [0.2, 0.25) is 0 Å². The van der Waals surface area contributed by atoms with Crippen LogP contribution in [0, 0.1) is 7.43 Å². The van der Waals surface area contributed by atoms with Crippen molar-refractivity contribution in [1.29, 1.82) is 0 Å². The zero-order valence-corrected chi connectivity index (χ0v) is 20.8. The second kappa shape index (κ2) is 10.1. The Morgan fingerprint density at radius 2 is 1.14 bits per heavy atom. The fourth-order valence-electron chi connectivity index (χ4n) is 3.98. The molecular formula is C20H34F3NiO4P. The number of methoxy groups -OCH3 is 3. The Morgan fingerprint density at radius 3 is 1.34 bits per heavy atom. The Balaban J connectivity index is 0. The largest absolute Gasteiger partial charge is 0.496 e. The third-order valence-electron chi connectivity index (χ3n) is 4.35. The van der Waals surface area contributed by atoms with Crippen molar-refractivity contribution in [2.45, 2.75) is 63.4 Å². The van der Waals surface area contributed by atoms with Gasteiger partial charge in [-0.05, 0) is 41.5 Å². The van der Waals surface area contributed by atoms with Gasteiger partial charge in [-0.25, -0.2) is 0 Å². The molecule has 0 heterocycles. The molecule has 0 aromatic heterocycles. The molecule has 0 aliphatic heterocycles. The summed E-state index contributed by atoms with van der Waals surface area (Å²) >= 11 is 0. The summed E-state index contributed by atoms with van der Waals surface area (Å²) in [5, 5.41) is 6.77. The summed E-state index contributed by atoms with van der Waals surface area (Å²) in [6, 6.07) is 2.67. The molecule has 0 saturated carbocycles. The maximum Gasteiger partial charge on any atom is 0.459 e. The van der Waals surface area contributed by atoms with E-state index in [1.807, 2.05) is 0 Å².